The van der Waals surface area contributed by atoms with Gasteiger partial charge in [-0.05, 0) is 55.8 Å². The minimum atomic E-state index is -5.00. The molecule has 0 saturated carbocycles. The number of urea groups is 1. The molecule has 13 heteroatoms. The first-order chi connectivity index (χ1) is 20.5. The van der Waals surface area contributed by atoms with Crippen LogP contribution in [0.25, 0.3) is 0 Å². The van der Waals surface area contributed by atoms with E-state index < -0.39 is 18.1 Å². The highest BCUT2D eigenvalue weighted by molar-refractivity contribution is 6.00. The molecular formula is C30H33F3N8O2. The van der Waals surface area contributed by atoms with Crippen LogP contribution in [0, 0.1) is 6.92 Å². The molecular weight excluding hydrogens is 561 g/mol. The van der Waals surface area contributed by atoms with Crippen LogP contribution >= 0.6 is 0 Å². The van der Waals surface area contributed by atoms with Crippen LogP contribution in [0.5, 0.6) is 0 Å². The van der Waals surface area contributed by atoms with Gasteiger partial charge in [-0.25, -0.2) is 9.78 Å². The lowest BCUT2D eigenvalue weighted by atomic mass is 9.91. The second-order valence-corrected chi connectivity index (χ2v) is 11.2. The summed E-state index contributed by atoms with van der Waals surface area (Å²) in [4.78, 5) is 43.5. The number of carbonyl (C=O) groups is 2. The monoisotopic (exact) mass is 594 g/mol. The summed E-state index contributed by atoms with van der Waals surface area (Å²) >= 11 is 0. The predicted octanol–water partition coefficient (Wildman–Crippen LogP) is 4.69. The third-order valence-corrected chi connectivity index (χ3v) is 8.41. The molecule has 0 bridgehead atoms. The maximum atomic E-state index is 13.6. The first-order valence-electron chi connectivity index (χ1n) is 14.2. The van der Waals surface area contributed by atoms with Gasteiger partial charge < -0.3 is 24.9 Å². The Kier molecular flexibility index (Phi) is 7.36. The molecule has 0 unspecified atom stereocenters. The Morgan fingerprint density at radius 1 is 1.00 bits per heavy atom. The fourth-order valence-electron chi connectivity index (χ4n) is 6.10. The number of aromatic nitrogens is 2. The molecule has 1 saturated heterocycles. The number of hydrogen-bond donors (Lipinski definition) is 1. The topological polar surface area (TPSA) is 88.2 Å². The molecule has 2 aromatic carbocycles. The highest BCUT2D eigenvalue weighted by atomic mass is 19.4. The Morgan fingerprint density at radius 2 is 1.72 bits per heavy atom. The average molecular weight is 595 g/mol. The molecule has 3 aliphatic rings. The SMILES string of the molecule is Cc1cccc2c1N(C(=O)C(F)(F)F)CC[C@@H]2N1Cc2cnc(Nc3ccc(N4CCN(C)CC4)cc3)nc2N(C)C1=O. The van der Waals surface area contributed by atoms with Crippen molar-refractivity contribution in [1.29, 1.82) is 0 Å². The standard InChI is InChI=1S/C30H33F3N8O2/c1-19-5-4-6-23-24(11-12-40(25(19)23)27(42)30(31,32)33)41-18-20-17-34-28(36-26(20)38(3)29(41)43)35-21-7-9-22(10-8-21)39-15-13-37(2)14-16-39/h4-10,17,24H,11-16,18H2,1-3H3,(H,34,35,36)/t24-/m0/s1. The summed E-state index contributed by atoms with van der Waals surface area (Å²) in [7, 11) is 3.74. The number of aryl methyl sites for hydroxylation is 1. The molecule has 43 heavy (non-hydrogen) atoms. The second-order valence-electron chi connectivity index (χ2n) is 11.2. The van der Waals surface area contributed by atoms with E-state index in [4.69, 9.17) is 0 Å². The van der Waals surface area contributed by atoms with Crippen molar-refractivity contribution < 1.29 is 22.8 Å². The quantitative estimate of drug-likeness (QED) is 0.469. The zero-order chi connectivity index (χ0) is 30.5. The summed E-state index contributed by atoms with van der Waals surface area (Å²) in [6.45, 7) is 5.69. The highest BCUT2D eigenvalue weighted by Crippen LogP contribution is 2.43. The number of fused-ring (bicyclic) bond motifs is 2. The van der Waals surface area contributed by atoms with Gasteiger partial charge in [-0.3, -0.25) is 9.69 Å². The van der Waals surface area contributed by atoms with Gasteiger partial charge in [0.15, 0.2) is 0 Å². The molecule has 1 N–H and O–H groups in total. The van der Waals surface area contributed by atoms with E-state index in [9.17, 15) is 22.8 Å². The van der Waals surface area contributed by atoms with Crippen LogP contribution in [0.1, 0.15) is 29.2 Å². The number of piperazine rings is 1. The number of hydrogen-bond acceptors (Lipinski definition) is 7. The Labute approximate surface area is 247 Å². The molecule has 1 atom stereocenters. The predicted molar refractivity (Wildman–Crippen MR) is 158 cm³/mol. The molecule has 4 heterocycles. The van der Waals surface area contributed by atoms with Crippen molar-refractivity contribution in [3.8, 4) is 0 Å². The van der Waals surface area contributed by atoms with Crippen molar-refractivity contribution in [2.45, 2.75) is 32.1 Å². The number of rotatable bonds is 4. The van der Waals surface area contributed by atoms with Gasteiger partial charge in [0, 0.05) is 62.9 Å². The number of alkyl halides is 3. The second kappa shape index (κ2) is 11.0. The number of carbonyl (C=O) groups excluding carboxylic acids is 2. The van der Waals surface area contributed by atoms with E-state index in [-0.39, 0.29) is 31.2 Å². The molecule has 0 radical (unpaired) electrons. The molecule has 3 aromatic rings. The van der Waals surface area contributed by atoms with Gasteiger partial charge in [-0.1, -0.05) is 18.2 Å². The first-order valence-corrected chi connectivity index (χ1v) is 14.2. The van der Waals surface area contributed by atoms with E-state index in [0.29, 0.717) is 28.5 Å². The number of anilines is 5. The number of amides is 3. The van der Waals surface area contributed by atoms with Crippen molar-refractivity contribution in [2.75, 3.05) is 66.8 Å². The third-order valence-electron chi connectivity index (χ3n) is 8.41. The fourth-order valence-corrected chi connectivity index (χ4v) is 6.10. The Morgan fingerprint density at radius 3 is 2.42 bits per heavy atom. The molecule has 0 spiro atoms. The van der Waals surface area contributed by atoms with Crippen LogP contribution in [0.4, 0.5) is 46.8 Å². The van der Waals surface area contributed by atoms with Gasteiger partial charge in [0.25, 0.3) is 0 Å². The van der Waals surface area contributed by atoms with E-state index >= 15 is 0 Å². The number of para-hydroxylation sites is 1. The van der Waals surface area contributed by atoms with Gasteiger partial charge in [-0.2, -0.15) is 18.2 Å². The van der Waals surface area contributed by atoms with E-state index in [1.54, 1.807) is 43.3 Å². The van der Waals surface area contributed by atoms with Crippen LogP contribution in [-0.4, -0.2) is 84.7 Å². The highest BCUT2D eigenvalue weighted by Gasteiger charge is 2.47. The molecule has 0 aliphatic carbocycles. The van der Waals surface area contributed by atoms with E-state index in [0.717, 1.165) is 42.5 Å². The number of nitrogens with one attached hydrogen (secondary N) is 1. The molecule has 226 valence electrons. The number of likely N-dealkylation sites (N-methyl/N-ethyl adjacent to an activating group) is 1. The van der Waals surface area contributed by atoms with Gasteiger partial charge >= 0.3 is 18.1 Å². The minimum absolute atomic E-state index is 0.159. The van der Waals surface area contributed by atoms with Crippen LogP contribution < -0.4 is 20.0 Å². The Hall–Kier alpha value is -4.39. The summed E-state index contributed by atoms with van der Waals surface area (Å²) in [5, 5.41) is 3.22. The summed E-state index contributed by atoms with van der Waals surface area (Å²) < 4.78 is 40.1. The fraction of sp³-hybridized carbons (Fsp3) is 0.400. The molecule has 1 aromatic heterocycles. The molecule has 1 fully saturated rings. The summed E-state index contributed by atoms with van der Waals surface area (Å²) in [6.07, 6.45) is -3.17. The lowest BCUT2D eigenvalue weighted by Gasteiger charge is -2.43. The number of halogens is 3. The van der Waals surface area contributed by atoms with Crippen LogP contribution in [0.15, 0.2) is 48.7 Å². The van der Waals surface area contributed by atoms with Crippen molar-refractivity contribution >= 4 is 40.8 Å². The van der Waals surface area contributed by atoms with Crippen LogP contribution in [0.3, 0.4) is 0 Å². The molecule has 3 aliphatic heterocycles. The summed E-state index contributed by atoms with van der Waals surface area (Å²) in [6, 6.07) is 12.3. The zero-order valence-electron chi connectivity index (χ0n) is 24.2. The Bertz CT molecular complexity index is 1540. The summed E-state index contributed by atoms with van der Waals surface area (Å²) in [5.74, 6) is -1.10. The van der Waals surface area contributed by atoms with E-state index in [1.807, 2.05) is 12.1 Å². The third kappa shape index (κ3) is 5.44. The van der Waals surface area contributed by atoms with Crippen LogP contribution in [-0.2, 0) is 11.3 Å². The minimum Gasteiger partial charge on any atom is -0.369 e. The lowest BCUT2D eigenvalue weighted by Crippen LogP contribution is -2.51. The van der Waals surface area contributed by atoms with Crippen molar-refractivity contribution in [3.05, 3.63) is 65.4 Å². The van der Waals surface area contributed by atoms with Gasteiger partial charge in [0.2, 0.25) is 5.95 Å². The smallest absolute Gasteiger partial charge is 0.369 e. The van der Waals surface area contributed by atoms with Crippen LogP contribution in [0.2, 0.25) is 0 Å². The van der Waals surface area contributed by atoms with Gasteiger partial charge in [0.1, 0.15) is 5.82 Å². The van der Waals surface area contributed by atoms with E-state index in [1.165, 1.54) is 4.90 Å². The largest absolute Gasteiger partial charge is 0.471 e. The Balaban J connectivity index is 1.21. The number of benzene rings is 2. The lowest BCUT2D eigenvalue weighted by molar-refractivity contribution is -0.170. The summed E-state index contributed by atoms with van der Waals surface area (Å²) in [5.41, 5.74) is 3.93. The normalized spacial score (nSPS) is 19.3. The molecule has 10 nitrogen and oxygen atoms in total. The zero-order valence-corrected chi connectivity index (χ0v) is 24.2. The maximum absolute atomic E-state index is 13.6. The van der Waals surface area contributed by atoms with E-state index in [2.05, 4.69) is 44.3 Å². The number of nitrogens with zero attached hydrogens (tertiary/aromatic N) is 7. The van der Waals surface area contributed by atoms with Gasteiger partial charge in [-0.15, -0.1) is 0 Å². The van der Waals surface area contributed by atoms with Crippen molar-refractivity contribution in [1.82, 2.24) is 19.8 Å². The molecule has 6 rings (SSSR count). The van der Waals surface area contributed by atoms with Crippen molar-refractivity contribution in [3.63, 3.8) is 0 Å². The molecule has 3 amide bonds. The first kappa shape index (κ1) is 28.7. The van der Waals surface area contributed by atoms with Gasteiger partial charge in [0.05, 0.1) is 18.3 Å². The average Bonchev–Trinajstić information content (AvgIpc) is 2.99. The van der Waals surface area contributed by atoms with Crippen molar-refractivity contribution in [2.24, 2.45) is 0 Å². The maximum Gasteiger partial charge on any atom is 0.471 e.